The van der Waals surface area contributed by atoms with Gasteiger partial charge in [-0.15, -0.1) is 0 Å². The molecule has 130 valence electrons. The number of hydrogen-bond acceptors (Lipinski definition) is 9. The van der Waals surface area contributed by atoms with Crippen molar-refractivity contribution in [2.75, 3.05) is 18.1 Å². The molecular formula is C13H17N5O5S. The Morgan fingerprint density at radius 2 is 2.42 bits per heavy atom. The van der Waals surface area contributed by atoms with E-state index in [-0.39, 0.29) is 36.6 Å². The Kier molecular flexibility index (Phi) is 4.73. The topological polar surface area (TPSA) is 145 Å². The maximum atomic E-state index is 11.8. The van der Waals surface area contributed by atoms with Crippen molar-refractivity contribution in [3.8, 4) is 0 Å². The molecule has 1 aliphatic heterocycles. The molecule has 3 rings (SSSR count). The van der Waals surface area contributed by atoms with E-state index in [0.717, 1.165) is 0 Å². The number of nitrogen functional groups attached to an aromatic ring is 1. The highest BCUT2D eigenvalue weighted by molar-refractivity contribution is 7.80. The minimum absolute atomic E-state index is 0.0370. The highest BCUT2D eigenvalue weighted by Crippen LogP contribution is 2.30. The number of aliphatic hydroxyl groups excluding tert-OH is 1. The summed E-state index contributed by atoms with van der Waals surface area (Å²) < 4.78 is 12.3. The summed E-state index contributed by atoms with van der Waals surface area (Å²) in [4.78, 5) is 33.6. The van der Waals surface area contributed by atoms with Crippen molar-refractivity contribution in [3.05, 3.63) is 16.7 Å². The molecule has 1 fully saturated rings. The number of rotatable bonds is 5. The number of aliphatic hydroxyl groups is 1. The van der Waals surface area contributed by atoms with Gasteiger partial charge in [-0.05, 0) is 0 Å². The van der Waals surface area contributed by atoms with Crippen LogP contribution in [-0.4, -0.2) is 55.2 Å². The van der Waals surface area contributed by atoms with Gasteiger partial charge in [-0.1, -0.05) is 0 Å². The summed E-state index contributed by atoms with van der Waals surface area (Å²) in [6.07, 6.45) is -0.250. The van der Waals surface area contributed by atoms with Crippen LogP contribution in [0.25, 0.3) is 11.2 Å². The first-order valence-corrected chi connectivity index (χ1v) is 7.95. The number of fused-ring (bicyclic) bond motifs is 1. The second kappa shape index (κ2) is 6.79. The summed E-state index contributed by atoms with van der Waals surface area (Å²) >= 11 is 3.95. The van der Waals surface area contributed by atoms with Crippen LogP contribution in [0, 0.1) is 0 Å². The summed E-state index contributed by atoms with van der Waals surface area (Å²) in [5.74, 6) is -0.0543. The Bertz CT molecular complexity index is 806. The molecule has 0 aromatic carbocycles. The number of aromatic nitrogens is 4. The molecule has 24 heavy (non-hydrogen) atoms. The monoisotopic (exact) mass is 355 g/mol. The van der Waals surface area contributed by atoms with Gasteiger partial charge in [0.15, 0.2) is 11.2 Å². The molecule has 1 saturated heterocycles. The van der Waals surface area contributed by atoms with E-state index in [2.05, 4.69) is 27.6 Å². The minimum Gasteiger partial charge on any atom is -0.463 e. The van der Waals surface area contributed by atoms with Crippen molar-refractivity contribution in [3.63, 3.8) is 0 Å². The third-order valence-corrected chi connectivity index (χ3v) is 3.91. The Morgan fingerprint density at radius 1 is 1.62 bits per heavy atom. The molecule has 0 aliphatic carbocycles. The number of H-pyrrole nitrogens is 1. The second-order valence-corrected chi connectivity index (χ2v) is 5.81. The second-order valence-electron chi connectivity index (χ2n) is 5.36. The first-order valence-electron chi connectivity index (χ1n) is 7.32. The van der Waals surface area contributed by atoms with Gasteiger partial charge in [0.25, 0.3) is 5.56 Å². The van der Waals surface area contributed by atoms with Crippen LogP contribution < -0.4 is 11.3 Å². The molecule has 4 N–H and O–H groups in total. The average molecular weight is 355 g/mol. The highest BCUT2D eigenvalue weighted by atomic mass is 32.1. The van der Waals surface area contributed by atoms with Gasteiger partial charge >= 0.3 is 5.97 Å². The lowest BCUT2D eigenvalue weighted by Gasteiger charge is -2.15. The van der Waals surface area contributed by atoms with E-state index in [1.165, 1.54) is 10.9 Å². The fourth-order valence-corrected chi connectivity index (χ4v) is 2.71. The Morgan fingerprint density at radius 3 is 3.17 bits per heavy atom. The molecule has 0 amide bonds. The zero-order valence-corrected chi connectivity index (χ0v) is 13.5. The molecule has 0 radical (unpaired) electrons. The zero-order chi connectivity index (χ0) is 17.3. The lowest BCUT2D eigenvalue weighted by molar-refractivity contribution is -0.149. The number of imidazole rings is 1. The normalized spacial score (nSPS) is 23.7. The molecule has 10 nitrogen and oxygen atoms in total. The van der Waals surface area contributed by atoms with Gasteiger partial charge in [-0.3, -0.25) is 19.1 Å². The van der Waals surface area contributed by atoms with Crippen molar-refractivity contribution in [1.29, 1.82) is 0 Å². The molecule has 1 aliphatic rings. The van der Waals surface area contributed by atoms with Crippen LogP contribution in [-0.2, 0) is 14.3 Å². The molecule has 0 saturated carbocycles. The fourth-order valence-electron chi connectivity index (χ4n) is 2.53. The molecule has 3 heterocycles. The number of carbonyl (C=O) groups excluding carboxylic acids is 1. The van der Waals surface area contributed by atoms with Crippen LogP contribution in [0.2, 0.25) is 0 Å². The Labute approximate surface area is 141 Å². The number of anilines is 1. The van der Waals surface area contributed by atoms with Crippen molar-refractivity contribution >= 4 is 35.7 Å². The lowest BCUT2D eigenvalue weighted by atomic mass is 10.2. The first kappa shape index (κ1) is 16.7. The van der Waals surface area contributed by atoms with E-state index in [4.69, 9.17) is 15.2 Å². The number of nitrogens with one attached hydrogen (secondary N) is 1. The van der Waals surface area contributed by atoms with Gasteiger partial charge in [0, 0.05) is 12.2 Å². The molecule has 2 aromatic heterocycles. The van der Waals surface area contributed by atoms with Crippen LogP contribution in [0.15, 0.2) is 11.1 Å². The van der Waals surface area contributed by atoms with Gasteiger partial charge in [0.1, 0.15) is 18.9 Å². The quantitative estimate of drug-likeness (QED) is 0.403. The number of carbonyl (C=O) groups is 1. The Hall–Kier alpha value is -2.11. The summed E-state index contributed by atoms with van der Waals surface area (Å²) in [5.41, 5.74) is 5.50. The molecule has 2 unspecified atom stereocenters. The number of thiol groups is 1. The molecular weight excluding hydrogens is 338 g/mol. The van der Waals surface area contributed by atoms with Crippen molar-refractivity contribution < 1.29 is 19.4 Å². The predicted octanol–water partition coefficient (Wildman–Crippen LogP) is -0.787. The van der Waals surface area contributed by atoms with Gasteiger partial charge in [0.2, 0.25) is 5.95 Å². The van der Waals surface area contributed by atoms with Gasteiger partial charge in [-0.2, -0.15) is 17.6 Å². The zero-order valence-electron chi connectivity index (χ0n) is 12.6. The predicted molar refractivity (Wildman–Crippen MR) is 86.5 cm³/mol. The van der Waals surface area contributed by atoms with Crippen LogP contribution in [0.4, 0.5) is 5.95 Å². The summed E-state index contributed by atoms with van der Waals surface area (Å²) in [5, 5.41) is 10.1. The molecule has 2 aromatic rings. The number of hydrogen-bond donors (Lipinski definition) is 4. The van der Waals surface area contributed by atoms with E-state index < -0.39 is 30.0 Å². The SMILES string of the molecule is Nc1nc2c(ncn2C2C[C@H](O)C(COC(=O)CCS)O2)c(=O)[nH]1. The van der Waals surface area contributed by atoms with Gasteiger partial charge in [-0.25, -0.2) is 4.98 Å². The van der Waals surface area contributed by atoms with E-state index >= 15 is 0 Å². The number of nitrogens with two attached hydrogens (primary N) is 1. The van der Waals surface area contributed by atoms with Crippen LogP contribution in [0.5, 0.6) is 0 Å². The van der Waals surface area contributed by atoms with E-state index in [9.17, 15) is 14.7 Å². The third-order valence-electron chi connectivity index (χ3n) is 3.69. The van der Waals surface area contributed by atoms with Gasteiger partial charge in [0.05, 0.1) is 18.9 Å². The number of aromatic amines is 1. The maximum Gasteiger partial charge on any atom is 0.306 e. The minimum atomic E-state index is -0.824. The lowest BCUT2D eigenvalue weighted by Crippen LogP contribution is -2.28. The van der Waals surface area contributed by atoms with Crippen molar-refractivity contribution in [2.45, 2.75) is 31.3 Å². The highest BCUT2D eigenvalue weighted by Gasteiger charge is 2.36. The maximum absolute atomic E-state index is 11.8. The van der Waals surface area contributed by atoms with Crippen molar-refractivity contribution in [1.82, 2.24) is 19.5 Å². The smallest absolute Gasteiger partial charge is 0.306 e. The van der Waals surface area contributed by atoms with Gasteiger partial charge < -0.3 is 20.3 Å². The number of esters is 1. The fraction of sp³-hybridized carbons (Fsp3) is 0.538. The molecule has 3 atom stereocenters. The summed E-state index contributed by atoms with van der Waals surface area (Å²) in [7, 11) is 0. The average Bonchev–Trinajstić information content (AvgIpc) is 3.09. The first-order chi connectivity index (χ1) is 11.5. The molecule has 0 spiro atoms. The summed E-state index contributed by atoms with van der Waals surface area (Å²) in [6, 6.07) is 0. The van der Waals surface area contributed by atoms with E-state index in [0.29, 0.717) is 5.75 Å². The summed E-state index contributed by atoms with van der Waals surface area (Å²) in [6.45, 7) is -0.0624. The largest absolute Gasteiger partial charge is 0.463 e. The molecule has 11 heteroatoms. The van der Waals surface area contributed by atoms with Crippen LogP contribution in [0.3, 0.4) is 0 Å². The standard InChI is InChI=1S/C13H17N5O5S/c14-13-16-11-10(12(21)17-13)15-5-18(11)8-3-6(19)7(23-8)4-22-9(20)1-2-24/h5-8,19,24H,1-4H2,(H3,14,16,17,21)/t6-,7?,8?/m0/s1. The van der Waals surface area contributed by atoms with Crippen LogP contribution >= 0.6 is 12.6 Å². The number of nitrogens with zero attached hydrogens (tertiary/aromatic N) is 3. The van der Waals surface area contributed by atoms with Crippen molar-refractivity contribution in [2.24, 2.45) is 0 Å². The van der Waals surface area contributed by atoms with E-state index in [1.807, 2.05) is 0 Å². The number of ether oxygens (including phenoxy) is 2. The Balaban J connectivity index is 1.75. The molecule has 0 bridgehead atoms. The van der Waals surface area contributed by atoms with Crippen LogP contribution in [0.1, 0.15) is 19.1 Å². The van der Waals surface area contributed by atoms with E-state index in [1.54, 1.807) is 0 Å². The third kappa shape index (κ3) is 3.23.